The molecule has 31 heavy (non-hydrogen) atoms. The zero-order valence-corrected chi connectivity index (χ0v) is 20.1. The van der Waals surface area contributed by atoms with Crippen molar-refractivity contribution in [3.8, 4) is 11.5 Å². The summed E-state index contributed by atoms with van der Waals surface area (Å²) in [4.78, 5) is 12.2. The van der Waals surface area contributed by atoms with Crippen molar-refractivity contribution in [2.45, 2.75) is 105 Å². The maximum absolute atomic E-state index is 12.2. The Kier molecular flexibility index (Phi) is 13.4. The Hall–Kier alpha value is -2.23. The van der Waals surface area contributed by atoms with E-state index in [2.05, 4.69) is 36.5 Å². The average molecular weight is 430 g/mol. The van der Waals surface area contributed by atoms with Gasteiger partial charge in [0.1, 0.15) is 11.5 Å². The van der Waals surface area contributed by atoms with Gasteiger partial charge in [-0.1, -0.05) is 63.3 Å². The molecule has 1 rings (SSSR count). The van der Waals surface area contributed by atoms with Crippen LogP contribution in [0.1, 0.15) is 101 Å². The molecule has 0 aliphatic rings. The molecule has 0 fully saturated rings. The molecule has 0 aromatic heterocycles. The van der Waals surface area contributed by atoms with Crippen molar-refractivity contribution in [1.82, 2.24) is 0 Å². The van der Waals surface area contributed by atoms with Crippen LogP contribution in [0.5, 0.6) is 11.5 Å². The van der Waals surface area contributed by atoms with Crippen LogP contribution in [-0.4, -0.2) is 16.1 Å². The van der Waals surface area contributed by atoms with Crippen LogP contribution < -0.4 is 5.32 Å². The van der Waals surface area contributed by atoms with Gasteiger partial charge in [-0.15, -0.1) is 0 Å². The van der Waals surface area contributed by atoms with Crippen LogP contribution in [0.4, 0.5) is 5.69 Å². The van der Waals surface area contributed by atoms with Gasteiger partial charge in [0.2, 0.25) is 5.91 Å². The lowest BCUT2D eigenvalue weighted by Crippen LogP contribution is -2.13. The Balaban J connectivity index is 2.14. The second-order valence-electron chi connectivity index (χ2n) is 8.48. The second kappa shape index (κ2) is 15.6. The Morgan fingerprint density at radius 1 is 0.742 bits per heavy atom. The Bertz CT molecular complexity index is 705. The maximum atomic E-state index is 12.2. The third-order valence-corrected chi connectivity index (χ3v) is 5.86. The van der Waals surface area contributed by atoms with Gasteiger partial charge < -0.3 is 15.5 Å². The fraction of sp³-hybridized carbons (Fsp3) is 0.593. The number of carbonyl (C=O) groups excluding carboxylic acids is 1. The zero-order chi connectivity index (χ0) is 23.1. The summed E-state index contributed by atoms with van der Waals surface area (Å²) in [5.74, 6) is 0.0515. The molecule has 0 heterocycles. The Morgan fingerprint density at radius 2 is 1.29 bits per heavy atom. The first-order chi connectivity index (χ1) is 14.9. The number of hydrogen-bond donors (Lipinski definition) is 3. The van der Waals surface area contributed by atoms with E-state index in [4.69, 9.17) is 0 Å². The van der Waals surface area contributed by atoms with Crippen molar-refractivity contribution in [1.29, 1.82) is 0 Å². The highest BCUT2D eigenvalue weighted by atomic mass is 16.3. The summed E-state index contributed by atoms with van der Waals surface area (Å²) in [6.45, 7) is 7.43. The van der Waals surface area contributed by atoms with Crippen LogP contribution >= 0.6 is 0 Å². The zero-order valence-electron chi connectivity index (χ0n) is 20.1. The SMILES string of the molecule is CCCCCC=CCC=CCCCCCCCC(=O)Nc1c(C)c(O)c(C)c(C)c1O. The summed E-state index contributed by atoms with van der Waals surface area (Å²) < 4.78 is 0. The maximum Gasteiger partial charge on any atom is 0.224 e. The fourth-order valence-corrected chi connectivity index (χ4v) is 3.57. The molecule has 0 bridgehead atoms. The van der Waals surface area contributed by atoms with Crippen LogP contribution in [0.2, 0.25) is 0 Å². The van der Waals surface area contributed by atoms with Gasteiger partial charge in [-0.05, 0) is 70.4 Å². The van der Waals surface area contributed by atoms with Crippen molar-refractivity contribution >= 4 is 11.6 Å². The second-order valence-corrected chi connectivity index (χ2v) is 8.48. The number of phenols is 2. The molecule has 0 unspecified atom stereocenters. The number of phenolic OH excluding ortho intramolecular Hbond substituents is 2. The van der Waals surface area contributed by atoms with Crippen molar-refractivity contribution in [2.75, 3.05) is 5.32 Å². The first kappa shape index (κ1) is 26.8. The quantitative estimate of drug-likeness (QED) is 0.115. The van der Waals surface area contributed by atoms with Crippen molar-refractivity contribution in [3.05, 3.63) is 41.0 Å². The molecular formula is C27H43NO3. The largest absolute Gasteiger partial charge is 0.507 e. The van der Waals surface area contributed by atoms with E-state index in [9.17, 15) is 15.0 Å². The molecule has 4 heteroatoms. The molecule has 1 aromatic rings. The van der Waals surface area contributed by atoms with Gasteiger partial charge in [0.05, 0.1) is 5.69 Å². The molecule has 4 nitrogen and oxygen atoms in total. The lowest BCUT2D eigenvalue weighted by Gasteiger charge is -2.16. The number of nitrogens with one attached hydrogen (secondary N) is 1. The van der Waals surface area contributed by atoms with Crippen LogP contribution in [-0.2, 0) is 4.79 Å². The van der Waals surface area contributed by atoms with Crippen LogP contribution in [0, 0.1) is 20.8 Å². The van der Waals surface area contributed by atoms with E-state index >= 15 is 0 Å². The number of carbonyl (C=O) groups is 1. The molecule has 0 radical (unpaired) electrons. The number of anilines is 1. The molecule has 0 saturated carbocycles. The highest BCUT2D eigenvalue weighted by Crippen LogP contribution is 2.40. The number of unbranched alkanes of at least 4 members (excludes halogenated alkanes) is 8. The molecular weight excluding hydrogens is 386 g/mol. The minimum Gasteiger partial charge on any atom is -0.507 e. The van der Waals surface area contributed by atoms with Crippen molar-refractivity contribution in [2.24, 2.45) is 0 Å². The molecule has 0 aliphatic carbocycles. The van der Waals surface area contributed by atoms with Crippen LogP contribution in [0.25, 0.3) is 0 Å². The summed E-state index contributed by atoms with van der Waals surface area (Å²) in [6, 6.07) is 0. The lowest BCUT2D eigenvalue weighted by atomic mass is 10.0. The smallest absolute Gasteiger partial charge is 0.224 e. The first-order valence-corrected chi connectivity index (χ1v) is 12.0. The van der Waals surface area contributed by atoms with Crippen LogP contribution in [0.15, 0.2) is 24.3 Å². The van der Waals surface area contributed by atoms with Gasteiger partial charge in [-0.25, -0.2) is 0 Å². The minimum atomic E-state index is -0.119. The molecule has 1 aromatic carbocycles. The molecule has 1 amide bonds. The monoisotopic (exact) mass is 429 g/mol. The van der Waals surface area contributed by atoms with Gasteiger partial charge in [0, 0.05) is 12.0 Å². The number of rotatable bonds is 15. The predicted molar refractivity (Wildman–Crippen MR) is 132 cm³/mol. The number of amides is 1. The van der Waals surface area contributed by atoms with E-state index in [-0.39, 0.29) is 17.4 Å². The number of aromatic hydroxyl groups is 2. The van der Waals surface area contributed by atoms with Gasteiger partial charge >= 0.3 is 0 Å². The fourth-order valence-electron chi connectivity index (χ4n) is 3.57. The van der Waals surface area contributed by atoms with E-state index in [1.165, 1.54) is 38.5 Å². The number of allylic oxidation sites excluding steroid dienone is 4. The Morgan fingerprint density at radius 3 is 1.94 bits per heavy atom. The minimum absolute atomic E-state index is 0.0428. The highest BCUT2D eigenvalue weighted by molar-refractivity contribution is 5.94. The van der Waals surface area contributed by atoms with Gasteiger partial charge in [-0.2, -0.15) is 0 Å². The highest BCUT2D eigenvalue weighted by Gasteiger charge is 2.17. The molecule has 0 spiro atoms. The average Bonchev–Trinajstić information content (AvgIpc) is 2.76. The van der Waals surface area contributed by atoms with Gasteiger partial charge in [0.25, 0.3) is 0 Å². The summed E-state index contributed by atoms with van der Waals surface area (Å²) in [5, 5.41) is 23.2. The molecule has 174 valence electrons. The van der Waals surface area contributed by atoms with Crippen LogP contribution in [0.3, 0.4) is 0 Å². The van der Waals surface area contributed by atoms with E-state index in [0.29, 0.717) is 28.8 Å². The van der Waals surface area contributed by atoms with E-state index in [0.717, 1.165) is 32.1 Å². The third-order valence-electron chi connectivity index (χ3n) is 5.86. The van der Waals surface area contributed by atoms with Crippen molar-refractivity contribution < 1.29 is 15.0 Å². The normalized spacial score (nSPS) is 11.6. The van der Waals surface area contributed by atoms with Crippen molar-refractivity contribution in [3.63, 3.8) is 0 Å². The third kappa shape index (κ3) is 10.1. The van der Waals surface area contributed by atoms with Gasteiger partial charge in [0.15, 0.2) is 0 Å². The summed E-state index contributed by atoms with van der Waals surface area (Å²) in [7, 11) is 0. The first-order valence-electron chi connectivity index (χ1n) is 12.0. The molecule has 3 N–H and O–H groups in total. The standard InChI is InChI=1S/C27H43NO3/c1-5-6-7-8-9-10-11-12-13-14-15-16-17-18-19-20-24(29)28-25-23(4)26(30)21(2)22(3)27(25)31/h9-10,12-13,30-31H,5-8,11,14-20H2,1-4H3,(H,28,29). The van der Waals surface area contributed by atoms with E-state index < -0.39 is 0 Å². The van der Waals surface area contributed by atoms with E-state index in [1.807, 2.05) is 0 Å². The molecule has 0 saturated heterocycles. The Labute approximate surface area is 189 Å². The predicted octanol–water partition coefficient (Wildman–Crippen LogP) is 7.78. The van der Waals surface area contributed by atoms with Gasteiger partial charge in [-0.3, -0.25) is 4.79 Å². The topological polar surface area (TPSA) is 69.6 Å². The molecule has 0 atom stereocenters. The summed E-state index contributed by atoms with van der Waals surface area (Å²) >= 11 is 0. The molecule has 0 aliphatic heterocycles. The summed E-state index contributed by atoms with van der Waals surface area (Å²) in [5.41, 5.74) is 2.07. The number of hydrogen-bond acceptors (Lipinski definition) is 3. The number of benzene rings is 1. The van der Waals surface area contributed by atoms with E-state index in [1.54, 1.807) is 20.8 Å². The lowest BCUT2D eigenvalue weighted by molar-refractivity contribution is -0.116. The summed E-state index contributed by atoms with van der Waals surface area (Å²) in [6.07, 6.45) is 22.2.